The topological polar surface area (TPSA) is 129 Å². The molecule has 1 unspecified atom stereocenters. The molecule has 0 radical (unpaired) electrons. The highest BCUT2D eigenvalue weighted by molar-refractivity contribution is 5.71. The number of carbonyl (C=O) groups is 4. The van der Waals surface area contributed by atoms with Gasteiger partial charge < -0.3 is 29.6 Å². The van der Waals surface area contributed by atoms with Crippen LogP contribution in [-0.2, 0) is 28.5 Å². The van der Waals surface area contributed by atoms with Gasteiger partial charge in [0.05, 0.1) is 0 Å². The van der Waals surface area contributed by atoms with E-state index < -0.39 is 18.2 Å². The standard InChI is InChI=1S/C25H42N2O8/c1-19(16-22(28)32-13-15-35-25(31)27-21-10-6-3-7-11-21)18-26-24(30)34-14-12-33-23(29)17-20-8-4-2-5-9-20/h19-21H,2-18H2,1H3,(H,26,30)(H,27,31). The third-order valence-corrected chi connectivity index (χ3v) is 6.38. The minimum Gasteiger partial charge on any atom is -0.462 e. The maximum absolute atomic E-state index is 11.9. The molecule has 0 saturated heterocycles. The fourth-order valence-electron chi connectivity index (χ4n) is 4.45. The molecule has 10 heteroatoms. The molecule has 2 amide bonds. The Balaban J connectivity index is 1.42. The molecule has 0 heterocycles. The van der Waals surface area contributed by atoms with Gasteiger partial charge in [-0.05, 0) is 37.5 Å². The van der Waals surface area contributed by atoms with E-state index in [-0.39, 0.29) is 57.3 Å². The number of hydrogen-bond acceptors (Lipinski definition) is 8. The first-order valence-electron chi connectivity index (χ1n) is 13.1. The van der Waals surface area contributed by atoms with Crippen LogP contribution in [0.2, 0.25) is 0 Å². The van der Waals surface area contributed by atoms with Crippen LogP contribution in [0.25, 0.3) is 0 Å². The van der Waals surface area contributed by atoms with Gasteiger partial charge in [0, 0.05) is 25.4 Å². The van der Waals surface area contributed by atoms with Gasteiger partial charge in [-0.15, -0.1) is 0 Å². The Morgan fingerprint density at radius 3 is 1.91 bits per heavy atom. The van der Waals surface area contributed by atoms with Crippen molar-refractivity contribution in [1.29, 1.82) is 0 Å². The zero-order valence-electron chi connectivity index (χ0n) is 21.0. The molecule has 2 aliphatic carbocycles. The van der Waals surface area contributed by atoms with Crippen molar-refractivity contribution in [2.75, 3.05) is 33.0 Å². The van der Waals surface area contributed by atoms with Crippen molar-refractivity contribution in [3.63, 3.8) is 0 Å². The van der Waals surface area contributed by atoms with E-state index in [1.165, 1.54) is 25.7 Å². The summed E-state index contributed by atoms with van der Waals surface area (Å²) in [5, 5.41) is 5.40. The third kappa shape index (κ3) is 13.8. The number of hydrogen-bond donors (Lipinski definition) is 2. The summed E-state index contributed by atoms with van der Waals surface area (Å²) in [6.07, 6.45) is 10.5. The number of carbonyl (C=O) groups excluding carboxylic acids is 4. The molecular formula is C25H42N2O8. The van der Waals surface area contributed by atoms with Crippen molar-refractivity contribution < 1.29 is 38.1 Å². The van der Waals surface area contributed by atoms with Crippen LogP contribution in [-0.4, -0.2) is 63.1 Å². The molecule has 2 fully saturated rings. The lowest BCUT2D eigenvalue weighted by atomic mass is 9.87. The zero-order chi connectivity index (χ0) is 25.3. The smallest absolute Gasteiger partial charge is 0.407 e. The first-order chi connectivity index (χ1) is 16.9. The summed E-state index contributed by atoms with van der Waals surface area (Å²) in [5.41, 5.74) is 0. The van der Waals surface area contributed by atoms with Crippen LogP contribution in [0, 0.1) is 11.8 Å². The summed E-state index contributed by atoms with van der Waals surface area (Å²) >= 11 is 0. The lowest BCUT2D eigenvalue weighted by Gasteiger charge is -2.22. The van der Waals surface area contributed by atoms with Crippen molar-refractivity contribution in [1.82, 2.24) is 10.6 Å². The molecule has 0 aromatic carbocycles. The van der Waals surface area contributed by atoms with Gasteiger partial charge in [0.2, 0.25) is 0 Å². The largest absolute Gasteiger partial charge is 0.462 e. The molecule has 35 heavy (non-hydrogen) atoms. The highest BCUT2D eigenvalue weighted by Gasteiger charge is 2.19. The number of ether oxygens (including phenoxy) is 4. The lowest BCUT2D eigenvalue weighted by Crippen LogP contribution is -2.37. The fourth-order valence-corrected chi connectivity index (χ4v) is 4.45. The fraction of sp³-hybridized carbons (Fsp3) is 0.840. The second kappa shape index (κ2) is 17.0. The Kier molecular flexibility index (Phi) is 13.9. The quantitative estimate of drug-likeness (QED) is 0.222. The van der Waals surface area contributed by atoms with Gasteiger partial charge >= 0.3 is 24.1 Å². The van der Waals surface area contributed by atoms with Crippen molar-refractivity contribution >= 4 is 24.1 Å². The van der Waals surface area contributed by atoms with E-state index in [0.717, 1.165) is 38.5 Å². The molecule has 0 aliphatic heterocycles. The Labute approximate surface area is 208 Å². The second-order valence-corrected chi connectivity index (χ2v) is 9.59. The van der Waals surface area contributed by atoms with Crippen molar-refractivity contribution in [2.24, 2.45) is 11.8 Å². The lowest BCUT2D eigenvalue weighted by molar-refractivity contribution is -0.146. The van der Waals surface area contributed by atoms with E-state index in [2.05, 4.69) is 10.6 Å². The van der Waals surface area contributed by atoms with E-state index in [4.69, 9.17) is 18.9 Å². The number of rotatable bonds is 13. The Morgan fingerprint density at radius 2 is 1.26 bits per heavy atom. The molecule has 0 bridgehead atoms. The molecule has 200 valence electrons. The zero-order valence-corrected chi connectivity index (χ0v) is 21.0. The molecule has 2 rings (SSSR count). The van der Waals surface area contributed by atoms with Crippen molar-refractivity contribution in [3.05, 3.63) is 0 Å². The normalized spacial score (nSPS) is 17.6. The third-order valence-electron chi connectivity index (χ3n) is 6.38. The van der Waals surface area contributed by atoms with Crippen LogP contribution in [0.5, 0.6) is 0 Å². The highest BCUT2D eigenvalue weighted by Crippen LogP contribution is 2.26. The van der Waals surface area contributed by atoms with Gasteiger partial charge in [-0.2, -0.15) is 0 Å². The van der Waals surface area contributed by atoms with Gasteiger partial charge in [-0.25, -0.2) is 9.59 Å². The van der Waals surface area contributed by atoms with Gasteiger partial charge in [-0.1, -0.05) is 45.4 Å². The monoisotopic (exact) mass is 498 g/mol. The van der Waals surface area contributed by atoms with Gasteiger partial charge in [0.25, 0.3) is 0 Å². The Bertz CT molecular complexity index is 660. The average molecular weight is 499 g/mol. The highest BCUT2D eigenvalue weighted by atomic mass is 16.6. The molecule has 0 aromatic rings. The molecule has 2 N–H and O–H groups in total. The van der Waals surface area contributed by atoms with Crippen LogP contribution in [0.15, 0.2) is 0 Å². The van der Waals surface area contributed by atoms with Gasteiger partial charge in [-0.3, -0.25) is 9.59 Å². The summed E-state index contributed by atoms with van der Waals surface area (Å²) in [6, 6.07) is 0.167. The molecule has 2 saturated carbocycles. The summed E-state index contributed by atoms with van der Waals surface area (Å²) < 4.78 is 20.3. The number of nitrogens with one attached hydrogen (secondary N) is 2. The molecule has 0 spiro atoms. The Hall–Kier alpha value is -2.52. The van der Waals surface area contributed by atoms with Crippen LogP contribution in [0.3, 0.4) is 0 Å². The summed E-state index contributed by atoms with van der Waals surface area (Å²) in [5.74, 6) is -0.442. The molecule has 2 aliphatic rings. The summed E-state index contributed by atoms with van der Waals surface area (Å²) in [6.45, 7) is 2.01. The maximum atomic E-state index is 11.9. The average Bonchev–Trinajstić information content (AvgIpc) is 2.84. The van der Waals surface area contributed by atoms with E-state index in [9.17, 15) is 19.2 Å². The predicted molar refractivity (Wildman–Crippen MR) is 128 cm³/mol. The van der Waals surface area contributed by atoms with Crippen LogP contribution < -0.4 is 10.6 Å². The molecule has 1 atom stereocenters. The minimum absolute atomic E-state index is 0.00548. The van der Waals surface area contributed by atoms with Crippen LogP contribution >= 0.6 is 0 Å². The number of amides is 2. The van der Waals surface area contributed by atoms with E-state index in [1.807, 2.05) is 0 Å². The maximum Gasteiger partial charge on any atom is 0.407 e. The molecule has 0 aromatic heterocycles. The van der Waals surface area contributed by atoms with Crippen molar-refractivity contribution in [2.45, 2.75) is 90.0 Å². The summed E-state index contributed by atoms with van der Waals surface area (Å²) in [7, 11) is 0. The van der Waals surface area contributed by atoms with Crippen LogP contribution in [0.4, 0.5) is 9.59 Å². The first kappa shape index (κ1) is 28.7. The minimum atomic E-state index is -0.633. The van der Waals surface area contributed by atoms with Gasteiger partial charge in [0.15, 0.2) is 0 Å². The SMILES string of the molecule is CC(CNC(=O)OCCOC(=O)CC1CCCCC1)CC(=O)OCCOC(=O)NC1CCCCC1. The van der Waals surface area contributed by atoms with Gasteiger partial charge in [0.1, 0.15) is 26.4 Å². The Morgan fingerprint density at radius 1 is 0.714 bits per heavy atom. The van der Waals surface area contributed by atoms with E-state index in [0.29, 0.717) is 12.3 Å². The van der Waals surface area contributed by atoms with E-state index >= 15 is 0 Å². The molecular weight excluding hydrogens is 456 g/mol. The predicted octanol–water partition coefficient (Wildman–Crippen LogP) is 3.85. The van der Waals surface area contributed by atoms with E-state index in [1.54, 1.807) is 6.92 Å². The molecule has 10 nitrogen and oxygen atoms in total. The second-order valence-electron chi connectivity index (χ2n) is 9.59. The number of alkyl carbamates (subject to hydrolysis) is 2. The summed E-state index contributed by atoms with van der Waals surface area (Å²) in [4.78, 5) is 47.2. The first-order valence-corrected chi connectivity index (χ1v) is 13.1. The van der Waals surface area contributed by atoms with Crippen LogP contribution in [0.1, 0.15) is 84.0 Å². The van der Waals surface area contributed by atoms with Crippen molar-refractivity contribution in [3.8, 4) is 0 Å². The number of esters is 2.